The van der Waals surface area contributed by atoms with Crippen LogP contribution in [0.15, 0.2) is 30.5 Å². The summed E-state index contributed by atoms with van der Waals surface area (Å²) < 4.78 is 11.1. The Morgan fingerprint density at radius 3 is 2.27 bits per heavy atom. The minimum atomic E-state index is -0.332. The zero-order valence-electron chi connectivity index (χ0n) is 21.1. The second-order valence-corrected chi connectivity index (χ2v) is 10.4. The Kier molecular flexibility index (Phi) is 10.6. The molecule has 33 heavy (non-hydrogen) atoms. The fraction of sp³-hybridized carbons (Fsp3) is 0.690. The third-order valence-corrected chi connectivity index (χ3v) is 7.94. The number of amides is 1. The second-order valence-electron chi connectivity index (χ2n) is 10.4. The standard InChI is InChI=1S/C29H45NO3/c1-4-18-32-20-25-11-13-26(14-12-25)21-33-29(31)30-28-17-6-22(3)27(19-28)16-15-24-9-7-23(5-2)8-10-24/h4,6,17-19,23-26H,5,7-16,20-21H2,1-3H3,(H,30,31)/b18-4-. The summed E-state index contributed by atoms with van der Waals surface area (Å²) in [6.07, 6.45) is 17.1. The highest BCUT2D eigenvalue weighted by Crippen LogP contribution is 2.33. The maximum Gasteiger partial charge on any atom is 0.411 e. The number of hydrogen-bond donors (Lipinski definition) is 1. The number of nitrogens with one attached hydrogen (secondary N) is 1. The van der Waals surface area contributed by atoms with E-state index in [4.69, 9.17) is 9.47 Å². The van der Waals surface area contributed by atoms with Gasteiger partial charge in [0, 0.05) is 5.69 Å². The van der Waals surface area contributed by atoms with E-state index in [2.05, 4.69) is 31.3 Å². The molecule has 0 radical (unpaired) electrons. The number of carbonyl (C=O) groups is 1. The first-order valence-corrected chi connectivity index (χ1v) is 13.3. The number of hydrogen-bond acceptors (Lipinski definition) is 3. The van der Waals surface area contributed by atoms with E-state index in [9.17, 15) is 4.79 Å². The van der Waals surface area contributed by atoms with Crippen molar-refractivity contribution in [3.8, 4) is 0 Å². The Bertz CT molecular complexity index is 743. The summed E-state index contributed by atoms with van der Waals surface area (Å²) in [6.45, 7) is 7.77. The van der Waals surface area contributed by atoms with Crippen LogP contribution in [-0.4, -0.2) is 19.3 Å². The highest BCUT2D eigenvalue weighted by Gasteiger charge is 2.23. The number of rotatable bonds is 10. The second kappa shape index (κ2) is 13.7. The lowest BCUT2D eigenvalue weighted by Gasteiger charge is -2.28. The van der Waals surface area contributed by atoms with Crippen LogP contribution in [0.1, 0.15) is 89.2 Å². The molecule has 1 aromatic rings. The molecule has 184 valence electrons. The number of ether oxygens (including phenoxy) is 2. The van der Waals surface area contributed by atoms with Crippen molar-refractivity contribution in [3.05, 3.63) is 41.7 Å². The molecule has 1 N–H and O–H groups in total. The van der Waals surface area contributed by atoms with E-state index in [0.717, 1.165) is 56.2 Å². The highest BCUT2D eigenvalue weighted by atomic mass is 16.5. The number of anilines is 1. The van der Waals surface area contributed by atoms with Gasteiger partial charge in [-0.05, 0) is 99.3 Å². The molecule has 0 saturated heterocycles. The number of aryl methyl sites for hydroxylation is 2. The molecule has 0 aromatic heterocycles. The molecule has 1 aromatic carbocycles. The van der Waals surface area contributed by atoms with Gasteiger partial charge < -0.3 is 9.47 Å². The SMILES string of the molecule is C/C=C\OCC1CCC(COC(=O)Nc2ccc(C)c(CCC3CCC(CC)CC3)c2)CC1. The van der Waals surface area contributed by atoms with Crippen LogP contribution in [-0.2, 0) is 15.9 Å². The number of allylic oxidation sites excluding steroid dienone is 1. The normalized spacial score (nSPS) is 25.7. The van der Waals surface area contributed by atoms with E-state index in [1.807, 2.05) is 19.1 Å². The minimum absolute atomic E-state index is 0.332. The van der Waals surface area contributed by atoms with Crippen LogP contribution in [0.5, 0.6) is 0 Å². The minimum Gasteiger partial charge on any atom is -0.501 e. The molecule has 0 atom stereocenters. The van der Waals surface area contributed by atoms with Crippen molar-refractivity contribution in [1.82, 2.24) is 0 Å². The maximum absolute atomic E-state index is 12.4. The maximum atomic E-state index is 12.4. The smallest absolute Gasteiger partial charge is 0.411 e. The first kappa shape index (κ1) is 25.6. The monoisotopic (exact) mass is 455 g/mol. The van der Waals surface area contributed by atoms with E-state index in [1.165, 1.54) is 49.7 Å². The number of benzene rings is 1. The topological polar surface area (TPSA) is 47.6 Å². The summed E-state index contributed by atoms with van der Waals surface area (Å²) in [4.78, 5) is 12.4. The molecule has 2 fully saturated rings. The highest BCUT2D eigenvalue weighted by molar-refractivity contribution is 5.84. The molecule has 2 saturated carbocycles. The zero-order valence-corrected chi connectivity index (χ0v) is 21.1. The van der Waals surface area contributed by atoms with Crippen molar-refractivity contribution >= 4 is 11.8 Å². The molecular formula is C29H45NO3. The Balaban J connectivity index is 1.37. The van der Waals surface area contributed by atoms with Crippen LogP contribution in [0.4, 0.5) is 10.5 Å². The van der Waals surface area contributed by atoms with Gasteiger partial charge in [0.2, 0.25) is 0 Å². The lowest BCUT2D eigenvalue weighted by Crippen LogP contribution is -2.24. The van der Waals surface area contributed by atoms with E-state index in [1.54, 1.807) is 6.26 Å². The molecule has 1 amide bonds. The van der Waals surface area contributed by atoms with E-state index in [-0.39, 0.29) is 6.09 Å². The average Bonchev–Trinajstić information content (AvgIpc) is 2.84. The molecule has 4 nitrogen and oxygen atoms in total. The fourth-order valence-electron chi connectivity index (χ4n) is 5.51. The van der Waals surface area contributed by atoms with Gasteiger partial charge in [-0.25, -0.2) is 4.79 Å². The molecule has 0 spiro atoms. The third kappa shape index (κ3) is 8.72. The average molecular weight is 456 g/mol. The van der Waals surface area contributed by atoms with Crippen molar-refractivity contribution in [1.29, 1.82) is 0 Å². The van der Waals surface area contributed by atoms with Crippen molar-refractivity contribution in [2.24, 2.45) is 23.7 Å². The lowest BCUT2D eigenvalue weighted by molar-refractivity contribution is 0.102. The quantitative estimate of drug-likeness (QED) is 0.363. The predicted octanol–water partition coefficient (Wildman–Crippen LogP) is 8.05. The number of carbonyl (C=O) groups excluding carboxylic acids is 1. The molecular weight excluding hydrogens is 410 g/mol. The summed E-state index contributed by atoms with van der Waals surface area (Å²) in [5.41, 5.74) is 3.51. The van der Waals surface area contributed by atoms with Gasteiger partial charge in [-0.1, -0.05) is 51.2 Å². The van der Waals surface area contributed by atoms with Gasteiger partial charge in [-0.15, -0.1) is 0 Å². The van der Waals surface area contributed by atoms with Crippen LogP contribution in [0, 0.1) is 30.6 Å². The Labute approximate surface area is 201 Å². The summed E-state index contributed by atoms with van der Waals surface area (Å²) >= 11 is 0. The van der Waals surface area contributed by atoms with Crippen LogP contribution in [0.2, 0.25) is 0 Å². The van der Waals surface area contributed by atoms with E-state index >= 15 is 0 Å². The van der Waals surface area contributed by atoms with Gasteiger partial charge in [-0.2, -0.15) is 0 Å². The van der Waals surface area contributed by atoms with Gasteiger partial charge in [0.05, 0.1) is 19.5 Å². The summed E-state index contributed by atoms with van der Waals surface area (Å²) in [6, 6.07) is 6.25. The van der Waals surface area contributed by atoms with Gasteiger partial charge in [-0.3, -0.25) is 5.32 Å². The molecule has 2 aliphatic carbocycles. The Hall–Kier alpha value is -1.97. The van der Waals surface area contributed by atoms with Crippen LogP contribution >= 0.6 is 0 Å². The van der Waals surface area contributed by atoms with Crippen LogP contribution < -0.4 is 5.32 Å². The van der Waals surface area contributed by atoms with Crippen molar-refractivity contribution in [3.63, 3.8) is 0 Å². The summed E-state index contributed by atoms with van der Waals surface area (Å²) in [7, 11) is 0. The first-order valence-electron chi connectivity index (χ1n) is 13.3. The van der Waals surface area contributed by atoms with Crippen molar-refractivity contribution in [2.45, 2.75) is 91.4 Å². The first-order chi connectivity index (χ1) is 16.1. The molecule has 4 heteroatoms. The van der Waals surface area contributed by atoms with Gasteiger partial charge in [0.15, 0.2) is 0 Å². The Morgan fingerprint density at radius 2 is 1.61 bits per heavy atom. The van der Waals surface area contributed by atoms with Crippen molar-refractivity contribution in [2.75, 3.05) is 18.5 Å². The lowest BCUT2D eigenvalue weighted by atomic mass is 9.78. The molecule has 0 unspecified atom stereocenters. The summed E-state index contributed by atoms with van der Waals surface area (Å²) in [5, 5.41) is 2.95. The molecule has 0 heterocycles. The molecule has 0 aliphatic heterocycles. The van der Waals surface area contributed by atoms with Crippen molar-refractivity contribution < 1.29 is 14.3 Å². The fourth-order valence-corrected chi connectivity index (χ4v) is 5.51. The largest absolute Gasteiger partial charge is 0.501 e. The zero-order chi connectivity index (χ0) is 23.5. The molecule has 2 aliphatic rings. The van der Waals surface area contributed by atoms with Crippen LogP contribution in [0.25, 0.3) is 0 Å². The van der Waals surface area contributed by atoms with Gasteiger partial charge >= 0.3 is 6.09 Å². The molecule has 0 bridgehead atoms. The van der Waals surface area contributed by atoms with E-state index < -0.39 is 0 Å². The molecule has 3 rings (SSSR count). The Morgan fingerprint density at radius 1 is 0.970 bits per heavy atom. The third-order valence-electron chi connectivity index (χ3n) is 7.94. The van der Waals surface area contributed by atoms with E-state index in [0.29, 0.717) is 18.4 Å². The predicted molar refractivity (Wildman–Crippen MR) is 136 cm³/mol. The van der Waals surface area contributed by atoms with Gasteiger partial charge in [0.25, 0.3) is 0 Å². The summed E-state index contributed by atoms with van der Waals surface area (Å²) in [5.74, 6) is 2.90. The van der Waals surface area contributed by atoms with Crippen LogP contribution in [0.3, 0.4) is 0 Å². The van der Waals surface area contributed by atoms with Gasteiger partial charge in [0.1, 0.15) is 0 Å².